The lowest BCUT2D eigenvalue weighted by Gasteiger charge is -2.12. The molecule has 21 heavy (non-hydrogen) atoms. The Morgan fingerprint density at radius 1 is 1.43 bits per heavy atom. The number of benzene rings is 1. The van der Waals surface area contributed by atoms with Crippen LogP contribution in [0.1, 0.15) is 17.5 Å². The minimum atomic E-state index is -1.04. The van der Waals surface area contributed by atoms with E-state index in [9.17, 15) is 9.59 Å². The molecule has 0 aliphatic carbocycles. The summed E-state index contributed by atoms with van der Waals surface area (Å²) in [6.07, 6.45) is 5.12. The molecule has 0 saturated heterocycles. The van der Waals surface area contributed by atoms with Crippen molar-refractivity contribution < 1.29 is 14.7 Å². The molecule has 0 spiro atoms. The second kappa shape index (κ2) is 8.82. The first-order chi connectivity index (χ1) is 10.1. The fourth-order valence-electron chi connectivity index (χ4n) is 1.55. The molecule has 2 N–H and O–H groups in total. The smallest absolute Gasteiger partial charge is 0.326 e. The molecule has 0 unspecified atom stereocenters. The summed E-state index contributed by atoms with van der Waals surface area (Å²) < 4.78 is 0. The minimum absolute atomic E-state index is 0.382. The van der Waals surface area contributed by atoms with Crippen LogP contribution in [0.2, 0.25) is 0 Å². The number of nitrogens with one attached hydrogen (secondary N) is 1. The van der Waals surface area contributed by atoms with Gasteiger partial charge in [-0.15, -0.1) is 0 Å². The number of carbonyl (C=O) groups excluding carboxylic acids is 1. The zero-order valence-electron chi connectivity index (χ0n) is 11.6. The van der Waals surface area contributed by atoms with E-state index in [1.54, 1.807) is 30.3 Å². The highest BCUT2D eigenvalue weighted by Gasteiger charge is 2.17. The van der Waals surface area contributed by atoms with Gasteiger partial charge >= 0.3 is 5.97 Å². The van der Waals surface area contributed by atoms with E-state index in [1.807, 2.05) is 12.3 Å². The lowest BCUT2D eigenvalue weighted by molar-refractivity contribution is -0.141. The van der Waals surface area contributed by atoms with E-state index in [0.29, 0.717) is 17.7 Å². The van der Waals surface area contributed by atoms with Gasteiger partial charge in [-0.25, -0.2) is 4.79 Å². The van der Waals surface area contributed by atoms with Crippen molar-refractivity contribution in [1.29, 1.82) is 5.26 Å². The fourth-order valence-corrected chi connectivity index (χ4v) is 2.03. The van der Waals surface area contributed by atoms with Crippen molar-refractivity contribution in [3.63, 3.8) is 0 Å². The number of carbonyl (C=O) groups is 2. The number of thioether (sulfide) groups is 1. The van der Waals surface area contributed by atoms with Gasteiger partial charge in [0.2, 0.25) is 5.91 Å². The van der Waals surface area contributed by atoms with Crippen LogP contribution in [-0.2, 0) is 9.59 Å². The average Bonchev–Trinajstić information content (AvgIpc) is 2.49. The number of aliphatic carboxylic acids is 1. The number of hydrogen-bond donors (Lipinski definition) is 2. The van der Waals surface area contributed by atoms with Crippen LogP contribution in [0.4, 0.5) is 0 Å². The molecule has 1 amide bonds. The molecule has 0 saturated carbocycles. The standard InChI is InChI=1S/C15H16N2O3S/c1-21-9-8-13(15(19)20)17-14(18)7-6-11-2-4-12(10-16)5-3-11/h2-7,13H,8-9H2,1H3,(H,17,18)(H,19,20)/b7-6+/t13-/m1/s1. The van der Waals surface area contributed by atoms with Crippen molar-refractivity contribution in [2.45, 2.75) is 12.5 Å². The van der Waals surface area contributed by atoms with Crippen molar-refractivity contribution in [1.82, 2.24) is 5.32 Å². The summed E-state index contributed by atoms with van der Waals surface area (Å²) in [5.74, 6) is -0.826. The van der Waals surface area contributed by atoms with Gasteiger partial charge < -0.3 is 10.4 Å². The Balaban J connectivity index is 2.60. The second-order valence-corrected chi connectivity index (χ2v) is 5.23. The van der Waals surface area contributed by atoms with E-state index in [1.165, 1.54) is 17.8 Å². The highest BCUT2D eigenvalue weighted by Crippen LogP contribution is 2.05. The maximum absolute atomic E-state index is 11.7. The molecule has 5 nitrogen and oxygen atoms in total. The molecule has 1 rings (SSSR count). The van der Waals surface area contributed by atoms with Crippen LogP contribution < -0.4 is 5.32 Å². The predicted molar refractivity (Wildman–Crippen MR) is 82.8 cm³/mol. The van der Waals surface area contributed by atoms with Gasteiger partial charge in [0, 0.05) is 6.08 Å². The van der Waals surface area contributed by atoms with E-state index in [-0.39, 0.29) is 0 Å². The van der Waals surface area contributed by atoms with Crippen LogP contribution in [0.25, 0.3) is 6.08 Å². The Labute approximate surface area is 127 Å². The van der Waals surface area contributed by atoms with Gasteiger partial charge in [-0.3, -0.25) is 4.79 Å². The third kappa shape index (κ3) is 6.15. The van der Waals surface area contributed by atoms with Crippen LogP contribution in [0, 0.1) is 11.3 Å². The third-order valence-electron chi connectivity index (χ3n) is 2.69. The Morgan fingerprint density at radius 3 is 2.62 bits per heavy atom. The van der Waals surface area contributed by atoms with E-state index in [2.05, 4.69) is 5.32 Å². The zero-order chi connectivity index (χ0) is 15.7. The molecule has 1 aromatic carbocycles. The highest BCUT2D eigenvalue weighted by molar-refractivity contribution is 7.98. The van der Waals surface area contributed by atoms with E-state index >= 15 is 0 Å². The maximum Gasteiger partial charge on any atom is 0.326 e. The fraction of sp³-hybridized carbons (Fsp3) is 0.267. The molecule has 0 fully saturated rings. The van der Waals surface area contributed by atoms with Crippen LogP contribution in [0.3, 0.4) is 0 Å². The van der Waals surface area contributed by atoms with Gasteiger partial charge in [-0.1, -0.05) is 12.1 Å². The van der Waals surface area contributed by atoms with Crippen LogP contribution in [0.15, 0.2) is 30.3 Å². The summed E-state index contributed by atoms with van der Waals surface area (Å²) in [6.45, 7) is 0. The zero-order valence-corrected chi connectivity index (χ0v) is 12.4. The van der Waals surface area contributed by atoms with Gasteiger partial charge in [-0.2, -0.15) is 17.0 Å². The second-order valence-electron chi connectivity index (χ2n) is 4.25. The molecule has 110 valence electrons. The number of nitrogens with zero attached hydrogens (tertiary/aromatic N) is 1. The summed E-state index contributed by atoms with van der Waals surface area (Å²) in [5.41, 5.74) is 1.31. The number of amides is 1. The van der Waals surface area contributed by atoms with Gasteiger partial charge in [0.05, 0.1) is 11.6 Å². The minimum Gasteiger partial charge on any atom is -0.480 e. The summed E-state index contributed by atoms with van der Waals surface area (Å²) in [5, 5.41) is 20.1. The first kappa shape index (κ1) is 16.8. The van der Waals surface area contributed by atoms with Crippen LogP contribution >= 0.6 is 11.8 Å². The van der Waals surface area contributed by atoms with E-state index in [4.69, 9.17) is 10.4 Å². The SMILES string of the molecule is CSCC[C@@H](NC(=O)/C=C/c1ccc(C#N)cc1)C(=O)O. The monoisotopic (exact) mass is 304 g/mol. The van der Waals surface area contributed by atoms with E-state index in [0.717, 1.165) is 5.56 Å². The van der Waals surface area contributed by atoms with Gasteiger partial charge in [0.25, 0.3) is 0 Å². The number of carboxylic acid groups (broad SMARTS) is 1. The summed E-state index contributed by atoms with van der Waals surface area (Å²) in [7, 11) is 0. The van der Waals surface area contributed by atoms with Crippen molar-refractivity contribution in [3.05, 3.63) is 41.5 Å². The molecule has 0 aromatic heterocycles. The lowest BCUT2D eigenvalue weighted by Crippen LogP contribution is -2.40. The summed E-state index contributed by atoms with van der Waals surface area (Å²) in [6, 6.07) is 7.85. The number of carboxylic acids is 1. The quantitative estimate of drug-likeness (QED) is 0.751. The molecule has 0 bridgehead atoms. The van der Waals surface area contributed by atoms with Gasteiger partial charge in [0.1, 0.15) is 6.04 Å². The molecular weight excluding hydrogens is 288 g/mol. The van der Waals surface area contributed by atoms with Gasteiger partial charge in [0.15, 0.2) is 0 Å². The Morgan fingerprint density at radius 2 is 2.10 bits per heavy atom. The van der Waals surface area contributed by atoms with Gasteiger partial charge in [-0.05, 0) is 42.2 Å². The highest BCUT2D eigenvalue weighted by atomic mass is 32.2. The Hall–Kier alpha value is -2.26. The normalized spacial score (nSPS) is 11.8. The average molecular weight is 304 g/mol. The lowest BCUT2D eigenvalue weighted by atomic mass is 10.1. The number of rotatable bonds is 7. The van der Waals surface area contributed by atoms with Crippen molar-refractivity contribution in [2.24, 2.45) is 0 Å². The predicted octanol–water partition coefficient (Wildman–Crippen LogP) is 1.89. The summed E-state index contributed by atoms with van der Waals surface area (Å²) >= 11 is 1.53. The van der Waals surface area contributed by atoms with Crippen molar-refractivity contribution >= 4 is 29.7 Å². The Bertz CT molecular complexity index is 561. The third-order valence-corrected chi connectivity index (χ3v) is 3.34. The molecule has 0 heterocycles. The Kier molecular flexibility index (Phi) is 7.05. The topological polar surface area (TPSA) is 90.2 Å². The molecule has 0 aliphatic rings. The molecule has 0 aliphatic heterocycles. The number of nitriles is 1. The summed E-state index contributed by atoms with van der Waals surface area (Å²) in [4.78, 5) is 22.7. The maximum atomic E-state index is 11.7. The van der Waals surface area contributed by atoms with E-state index < -0.39 is 17.9 Å². The van der Waals surface area contributed by atoms with Crippen LogP contribution in [-0.4, -0.2) is 35.0 Å². The molecule has 0 radical (unpaired) electrons. The largest absolute Gasteiger partial charge is 0.480 e. The van der Waals surface area contributed by atoms with Crippen molar-refractivity contribution in [2.75, 3.05) is 12.0 Å². The van der Waals surface area contributed by atoms with Crippen LogP contribution in [0.5, 0.6) is 0 Å². The molecular formula is C15H16N2O3S. The molecule has 1 atom stereocenters. The van der Waals surface area contributed by atoms with Crippen molar-refractivity contribution in [3.8, 4) is 6.07 Å². The molecule has 1 aromatic rings. The first-order valence-corrected chi connectivity index (χ1v) is 7.66. The number of hydrogen-bond acceptors (Lipinski definition) is 4. The first-order valence-electron chi connectivity index (χ1n) is 6.27. The molecule has 6 heteroatoms.